The Bertz CT molecular complexity index is 378. The van der Waals surface area contributed by atoms with Gasteiger partial charge in [0.25, 0.3) is 0 Å². The van der Waals surface area contributed by atoms with E-state index in [0.29, 0.717) is 18.7 Å². The van der Waals surface area contributed by atoms with Gasteiger partial charge in [-0.05, 0) is 50.1 Å². The molecule has 4 heteroatoms. The van der Waals surface area contributed by atoms with Gasteiger partial charge in [0.15, 0.2) is 5.78 Å². The molecule has 1 aliphatic heterocycles. The van der Waals surface area contributed by atoms with Crippen LogP contribution in [0.25, 0.3) is 0 Å². The minimum Gasteiger partial charge on any atom is -0.364 e. The summed E-state index contributed by atoms with van der Waals surface area (Å²) in [7, 11) is 0. The number of nitrogens with zero attached hydrogens (tertiary/aromatic N) is 1. The highest BCUT2D eigenvalue weighted by molar-refractivity contribution is 9.13. The summed E-state index contributed by atoms with van der Waals surface area (Å²) < 4.78 is 2.06. The smallest absolute Gasteiger partial charge is 0.153 e. The quantitative estimate of drug-likeness (QED) is 0.793. The number of carbonyl (C=O) groups is 1. The standard InChI is InChI=1S/C10H9Br2NO/c11-9-2-1-7(5-10(9)12)13-4-3-8(14)6-13/h1-2,5H,3-4,6H2. The van der Waals surface area contributed by atoms with Crippen LogP contribution in [0.15, 0.2) is 27.1 Å². The minimum atomic E-state index is 0.323. The number of carbonyl (C=O) groups excluding carboxylic acids is 1. The molecule has 0 N–H and O–H groups in total. The average molecular weight is 319 g/mol. The van der Waals surface area contributed by atoms with E-state index in [9.17, 15) is 4.79 Å². The molecule has 0 amide bonds. The molecule has 74 valence electrons. The Hall–Kier alpha value is -0.350. The second-order valence-electron chi connectivity index (χ2n) is 3.31. The van der Waals surface area contributed by atoms with E-state index < -0.39 is 0 Å². The van der Waals surface area contributed by atoms with E-state index in [-0.39, 0.29) is 0 Å². The molecule has 1 aromatic rings. The first kappa shape index (κ1) is 10.2. The zero-order valence-electron chi connectivity index (χ0n) is 7.46. The van der Waals surface area contributed by atoms with Crippen LogP contribution in [0.3, 0.4) is 0 Å². The van der Waals surface area contributed by atoms with Crippen molar-refractivity contribution in [2.24, 2.45) is 0 Å². The molecule has 0 atom stereocenters. The summed E-state index contributed by atoms with van der Waals surface area (Å²) in [6.07, 6.45) is 0.674. The number of ketones is 1. The predicted molar refractivity (Wildman–Crippen MR) is 63.7 cm³/mol. The largest absolute Gasteiger partial charge is 0.364 e. The van der Waals surface area contributed by atoms with E-state index in [1.54, 1.807) is 0 Å². The lowest BCUT2D eigenvalue weighted by Crippen LogP contribution is -2.19. The van der Waals surface area contributed by atoms with Crippen molar-refractivity contribution in [3.63, 3.8) is 0 Å². The van der Waals surface area contributed by atoms with E-state index in [1.807, 2.05) is 18.2 Å². The monoisotopic (exact) mass is 317 g/mol. The maximum absolute atomic E-state index is 11.1. The Morgan fingerprint density at radius 2 is 2.00 bits per heavy atom. The molecule has 0 radical (unpaired) electrons. The second-order valence-corrected chi connectivity index (χ2v) is 5.02. The zero-order valence-corrected chi connectivity index (χ0v) is 10.6. The highest BCUT2D eigenvalue weighted by Crippen LogP contribution is 2.29. The predicted octanol–water partition coefficient (Wildman–Crippen LogP) is 2.99. The van der Waals surface area contributed by atoms with Gasteiger partial charge in [-0.2, -0.15) is 0 Å². The molecule has 2 nitrogen and oxygen atoms in total. The molecule has 0 aromatic heterocycles. The van der Waals surface area contributed by atoms with E-state index in [4.69, 9.17) is 0 Å². The van der Waals surface area contributed by atoms with E-state index in [0.717, 1.165) is 21.2 Å². The fourth-order valence-electron chi connectivity index (χ4n) is 1.53. The lowest BCUT2D eigenvalue weighted by Gasteiger charge is -2.16. The summed E-state index contributed by atoms with van der Waals surface area (Å²) in [5.41, 5.74) is 1.10. The van der Waals surface area contributed by atoms with E-state index in [2.05, 4.69) is 36.8 Å². The average Bonchev–Trinajstić information content (AvgIpc) is 2.57. The minimum absolute atomic E-state index is 0.323. The third-order valence-corrected chi connectivity index (χ3v) is 4.18. The Morgan fingerprint density at radius 3 is 2.57 bits per heavy atom. The number of benzene rings is 1. The third kappa shape index (κ3) is 2.01. The lowest BCUT2D eigenvalue weighted by molar-refractivity contribution is -0.116. The highest BCUT2D eigenvalue weighted by atomic mass is 79.9. The first-order valence-corrected chi connectivity index (χ1v) is 5.97. The van der Waals surface area contributed by atoms with Gasteiger partial charge in [0.2, 0.25) is 0 Å². The van der Waals surface area contributed by atoms with Crippen LogP contribution >= 0.6 is 31.9 Å². The fraction of sp³-hybridized carbons (Fsp3) is 0.300. The van der Waals surface area contributed by atoms with Gasteiger partial charge in [-0.15, -0.1) is 0 Å². The molecule has 1 fully saturated rings. The molecule has 0 unspecified atom stereocenters. The van der Waals surface area contributed by atoms with Crippen molar-refractivity contribution in [2.75, 3.05) is 18.0 Å². The summed E-state index contributed by atoms with van der Waals surface area (Å²) in [5.74, 6) is 0.323. The molecule has 1 heterocycles. The van der Waals surface area contributed by atoms with Crippen LogP contribution in [0.1, 0.15) is 6.42 Å². The molecule has 0 aliphatic carbocycles. The van der Waals surface area contributed by atoms with Gasteiger partial charge in [-0.3, -0.25) is 4.79 Å². The summed E-state index contributed by atoms with van der Waals surface area (Å²) >= 11 is 6.87. The highest BCUT2D eigenvalue weighted by Gasteiger charge is 2.19. The van der Waals surface area contributed by atoms with Crippen molar-refractivity contribution in [1.82, 2.24) is 0 Å². The Balaban J connectivity index is 2.24. The number of rotatable bonds is 1. The van der Waals surface area contributed by atoms with Gasteiger partial charge in [0, 0.05) is 27.6 Å². The molecule has 1 aliphatic rings. The number of hydrogen-bond donors (Lipinski definition) is 0. The SMILES string of the molecule is O=C1CCN(c2ccc(Br)c(Br)c2)C1. The van der Waals surface area contributed by atoms with Crippen LogP contribution in [0, 0.1) is 0 Å². The van der Waals surface area contributed by atoms with Crippen LogP contribution in [0.2, 0.25) is 0 Å². The van der Waals surface area contributed by atoms with Crippen molar-refractivity contribution in [3.8, 4) is 0 Å². The summed E-state index contributed by atoms with van der Waals surface area (Å²) in [5, 5.41) is 0. The maximum Gasteiger partial charge on any atom is 0.153 e. The van der Waals surface area contributed by atoms with Crippen LogP contribution in [0.4, 0.5) is 5.69 Å². The summed E-state index contributed by atoms with van der Waals surface area (Å²) in [6, 6.07) is 6.04. The van der Waals surface area contributed by atoms with Crippen LogP contribution in [0.5, 0.6) is 0 Å². The number of Topliss-reactive ketones (excluding diaryl/α,β-unsaturated/α-hetero) is 1. The molecule has 1 saturated heterocycles. The van der Waals surface area contributed by atoms with Gasteiger partial charge in [-0.1, -0.05) is 0 Å². The van der Waals surface area contributed by atoms with Crippen LogP contribution in [-0.2, 0) is 4.79 Å². The van der Waals surface area contributed by atoms with Crippen LogP contribution in [-0.4, -0.2) is 18.9 Å². The second kappa shape index (κ2) is 4.03. The van der Waals surface area contributed by atoms with E-state index >= 15 is 0 Å². The molecular weight excluding hydrogens is 310 g/mol. The third-order valence-electron chi connectivity index (χ3n) is 2.30. The van der Waals surface area contributed by atoms with Crippen molar-refractivity contribution < 1.29 is 4.79 Å². The lowest BCUT2D eigenvalue weighted by atomic mass is 10.3. The molecule has 14 heavy (non-hydrogen) atoms. The molecular formula is C10H9Br2NO. The van der Waals surface area contributed by atoms with Gasteiger partial charge in [0.1, 0.15) is 0 Å². The summed E-state index contributed by atoms with van der Waals surface area (Å²) in [4.78, 5) is 13.2. The van der Waals surface area contributed by atoms with Crippen molar-refractivity contribution >= 4 is 43.3 Å². The normalized spacial score (nSPS) is 16.4. The molecule has 0 spiro atoms. The number of halogens is 2. The van der Waals surface area contributed by atoms with Gasteiger partial charge in [0.05, 0.1) is 6.54 Å². The molecule has 0 bridgehead atoms. The fourth-order valence-corrected chi connectivity index (χ4v) is 2.15. The van der Waals surface area contributed by atoms with E-state index in [1.165, 1.54) is 0 Å². The van der Waals surface area contributed by atoms with Crippen molar-refractivity contribution in [1.29, 1.82) is 0 Å². The zero-order chi connectivity index (χ0) is 10.1. The first-order valence-electron chi connectivity index (χ1n) is 4.38. The van der Waals surface area contributed by atoms with Crippen molar-refractivity contribution in [2.45, 2.75) is 6.42 Å². The number of hydrogen-bond acceptors (Lipinski definition) is 2. The van der Waals surface area contributed by atoms with Gasteiger partial charge < -0.3 is 4.90 Å². The van der Waals surface area contributed by atoms with Gasteiger partial charge in [-0.25, -0.2) is 0 Å². The Morgan fingerprint density at radius 1 is 1.21 bits per heavy atom. The van der Waals surface area contributed by atoms with Crippen molar-refractivity contribution in [3.05, 3.63) is 27.1 Å². The summed E-state index contributed by atoms with van der Waals surface area (Å²) in [6.45, 7) is 1.39. The van der Waals surface area contributed by atoms with Gasteiger partial charge >= 0.3 is 0 Å². The maximum atomic E-state index is 11.1. The molecule has 0 saturated carbocycles. The Kier molecular flexibility index (Phi) is 2.93. The van der Waals surface area contributed by atoms with Crippen LogP contribution < -0.4 is 4.90 Å². The first-order chi connectivity index (χ1) is 6.66. The Labute approximate surface area is 99.5 Å². The molecule has 1 aromatic carbocycles. The molecule has 2 rings (SSSR count). The topological polar surface area (TPSA) is 20.3 Å². The number of anilines is 1.